The molecule has 0 heteroatoms. The van der Waals surface area contributed by atoms with Gasteiger partial charge in [0.05, 0.1) is 0 Å². The van der Waals surface area contributed by atoms with Crippen LogP contribution in [-0.2, 0) is 0 Å². The zero-order chi connectivity index (χ0) is 13.7. The lowest BCUT2D eigenvalue weighted by molar-refractivity contribution is 1.50. The van der Waals surface area contributed by atoms with Crippen molar-refractivity contribution in [3.63, 3.8) is 0 Å². The monoisotopic (exact) mass is 248 g/mol. The van der Waals surface area contributed by atoms with Crippen molar-refractivity contribution >= 4 is 10.8 Å². The third kappa shape index (κ3) is 2.68. The number of aryl methyl sites for hydroxylation is 1. The average molecular weight is 248 g/mol. The molecule has 0 unspecified atom stereocenters. The number of hydrogen-bond donors (Lipinski definition) is 0. The Kier molecular flexibility index (Phi) is 4.35. The largest absolute Gasteiger partial charge is 0.0683 e. The summed E-state index contributed by atoms with van der Waals surface area (Å²) in [7, 11) is 0. The Morgan fingerprint density at radius 1 is 0.579 bits per heavy atom. The van der Waals surface area contributed by atoms with E-state index in [1.165, 1.54) is 27.5 Å². The zero-order valence-corrected chi connectivity index (χ0v) is 11.9. The summed E-state index contributed by atoms with van der Waals surface area (Å²) >= 11 is 0. The normalized spacial score (nSPS) is 9.84. The molecular weight excluding hydrogens is 228 g/mol. The van der Waals surface area contributed by atoms with Crippen LogP contribution in [0.2, 0.25) is 0 Å². The van der Waals surface area contributed by atoms with Crippen molar-refractivity contribution in [1.29, 1.82) is 0 Å². The summed E-state index contributed by atoms with van der Waals surface area (Å²) in [6.45, 7) is 6.16. The van der Waals surface area contributed by atoms with Crippen LogP contribution >= 0.6 is 0 Å². The second-order valence-electron chi connectivity index (χ2n) is 4.34. The van der Waals surface area contributed by atoms with Gasteiger partial charge in [-0.2, -0.15) is 0 Å². The molecule has 0 aromatic heterocycles. The minimum absolute atomic E-state index is 1.28. The highest BCUT2D eigenvalue weighted by molar-refractivity contribution is 5.98. The highest BCUT2D eigenvalue weighted by Gasteiger charge is 2.03. The lowest BCUT2D eigenvalue weighted by Crippen LogP contribution is -1.83. The fraction of sp³-hybridized carbons (Fsp3) is 0.158. The van der Waals surface area contributed by atoms with Crippen LogP contribution in [0.5, 0.6) is 0 Å². The maximum Gasteiger partial charge on any atom is -0.0103 e. The maximum absolute atomic E-state index is 2.20. The molecule has 0 saturated carbocycles. The van der Waals surface area contributed by atoms with Gasteiger partial charge >= 0.3 is 0 Å². The van der Waals surface area contributed by atoms with Gasteiger partial charge in [0.25, 0.3) is 0 Å². The molecule has 3 aromatic carbocycles. The summed E-state index contributed by atoms with van der Waals surface area (Å²) in [5.41, 5.74) is 3.93. The molecule has 19 heavy (non-hydrogen) atoms. The zero-order valence-electron chi connectivity index (χ0n) is 11.9. The second-order valence-corrected chi connectivity index (χ2v) is 4.34. The van der Waals surface area contributed by atoms with Crippen LogP contribution in [0, 0.1) is 6.92 Å². The van der Waals surface area contributed by atoms with Gasteiger partial charge in [-0.05, 0) is 34.4 Å². The molecule has 0 atom stereocenters. The van der Waals surface area contributed by atoms with Crippen LogP contribution in [0.1, 0.15) is 19.4 Å². The molecule has 0 saturated heterocycles. The molecule has 0 heterocycles. The molecule has 96 valence electrons. The Hall–Kier alpha value is -2.08. The highest BCUT2D eigenvalue weighted by atomic mass is 14.1. The van der Waals surface area contributed by atoms with Gasteiger partial charge in [0.1, 0.15) is 0 Å². The van der Waals surface area contributed by atoms with Gasteiger partial charge < -0.3 is 0 Å². The third-order valence-corrected chi connectivity index (χ3v) is 3.22. The van der Waals surface area contributed by atoms with Gasteiger partial charge in [-0.3, -0.25) is 0 Å². The first-order chi connectivity index (χ1) is 9.36. The van der Waals surface area contributed by atoms with Crippen molar-refractivity contribution in [3.05, 3.63) is 72.3 Å². The first kappa shape index (κ1) is 13.4. The van der Waals surface area contributed by atoms with Crippen LogP contribution in [0.15, 0.2) is 66.7 Å². The molecule has 0 aliphatic heterocycles. The van der Waals surface area contributed by atoms with Gasteiger partial charge in [-0.15, -0.1) is 0 Å². The quantitative estimate of drug-likeness (QED) is 0.507. The van der Waals surface area contributed by atoms with Crippen molar-refractivity contribution in [3.8, 4) is 11.1 Å². The van der Waals surface area contributed by atoms with Crippen LogP contribution in [-0.4, -0.2) is 0 Å². The number of fused-ring (bicyclic) bond motifs is 1. The Morgan fingerprint density at radius 3 is 1.95 bits per heavy atom. The van der Waals surface area contributed by atoms with Gasteiger partial charge in [0, 0.05) is 0 Å². The van der Waals surface area contributed by atoms with E-state index in [0.29, 0.717) is 0 Å². The lowest BCUT2D eigenvalue weighted by atomic mass is 9.96. The van der Waals surface area contributed by atoms with Crippen molar-refractivity contribution in [2.24, 2.45) is 0 Å². The van der Waals surface area contributed by atoms with E-state index in [4.69, 9.17) is 0 Å². The maximum atomic E-state index is 2.20. The highest BCUT2D eigenvalue weighted by Crippen LogP contribution is 2.29. The topological polar surface area (TPSA) is 0 Å². The van der Waals surface area contributed by atoms with E-state index >= 15 is 0 Å². The van der Waals surface area contributed by atoms with E-state index in [2.05, 4.69) is 73.7 Å². The van der Waals surface area contributed by atoms with Crippen LogP contribution in [0.3, 0.4) is 0 Å². The van der Waals surface area contributed by atoms with Crippen molar-refractivity contribution in [1.82, 2.24) is 0 Å². The summed E-state index contributed by atoms with van der Waals surface area (Å²) in [5, 5.41) is 2.67. The van der Waals surface area contributed by atoms with E-state index in [1.54, 1.807) is 0 Å². The van der Waals surface area contributed by atoms with Gasteiger partial charge in [-0.25, -0.2) is 0 Å². The molecule has 0 aliphatic carbocycles. The predicted molar refractivity (Wildman–Crippen MR) is 85.5 cm³/mol. The van der Waals surface area contributed by atoms with Crippen LogP contribution in [0.25, 0.3) is 21.9 Å². The predicted octanol–water partition coefficient (Wildman–Crippen LogP) is 5.84. The molecule has 0 spiro atoms. The number of benzene rings is 3. The summed E-state index contributed by atoms with van der Waals surface area (Å²) in [6.07, 6.45) is 0. The Balaban J connectivity index is 0.000000637. The Labute approximate surface area is 115 Å². The summed E-state index contributed by atoms with van der Waals surface area (Å²) in [5.74, 6) is 0. The number of hydrogen-bond acceptors (Lipinski definition) is 0. The smallest absolute Gasteiger partial charge is 0.0103 e. The average Bonchev–Trinajstić information content (AvgIpc) is 2.50. The molecule has 0 amide bonds. The second kappa shape index (κ2) is 6.19. The molecule has 0 fully saturated rings. The number of rotatable bonds is 1. The molecule has 0 bridgehead atoms. The first-order valence-electron chi connectivity index (χ1n) is 6.90. The van der Waals surface area contributed by atoms with Gasteiger partial charge in [0.2, 0.25) is 0 Å². The van der Waals surface area contributed by atoms with Crippen molar-refractivity contribution in [2.45, 2.75) is 20.8 Å². The molecule has 0 nitrogen and oxygen atoms in total. The minimum Gasteiger partial charge on any atom is -0.0683 e. The van der Waals surface area contributed by atoms with Crippen molar-refractivity contribution in [2.75, 3.05) is 0 Å². The van der Waals surface area contributed by atoms with Crippen LogP contribution in [0.4, 0.5) is 0 Å². The van der Waals surface area contributed by atoms with Gasteiger partial charge in [0.15, 0.2) is 0 Å². The molecule has 3 rings (SSSR count). The summed E-state index contributed by atoms with van der Waals surface area (Å²) in [6, 6.07) is 23.6. The lowest BCUT2D eigenvalue weighted by Gasteiger charge is -2.08. The van der Waals surface area contributed by atoms with E-state index in [1.807, 2.05) is 13.8 Å². The van der Waals surface area contributed by atoms with E-state index in [9.17, 15) is 0 Å². The summed E-state index contributed by atoms with van der Waals surface area (Å²) < 4.78 is 0. The molecule has 3 aromatic rings. The van der Waals surface area contributed by atoms with Crippen LogP contribution < -0.4 is 0 Å². The molecule has 0 aliphatic rings. The van der Waals surface area contributed by atoms with Gasteiger partial charge in [-0.1, -0.05) is 80.6 Å². The summed E-state index contributed by atoms with van der Waals surface area (Å²) in [4.78, 5) is 0. The Morgan fingerprint density at radius 2 is 1.21 bits per heavy atom. The first-order valence-corrected chi connectivity index (χ1v) is 6.90. The Bertz CT molecular complexity index is 651. The molecule has 0 N–H and O–H groups in total. The third-order valence-electron chi connectivity index (χ3n) is 3.22. The molecule has 0 radical (unpaired) electrons. The minimum atomic E-state index is 1.28. The fourth-order valence-corrected chi connectivity index (χ4v) is 2.34. The molecular formula is C19H20. The SMILES string of the molecule is CC.Cc1cccc2c(-c3ccccc3)cccc12. The van der Waals surface area contributed by atoms with Crippen molar-refractivity contribution < 1.29 is 0 Å². The van der Waals surface area contributed by atoms with E-state index < -0.39 is 0 Å². The standard InChI is InChI=1S/C17H14.C2H6/c1-13-7-5-12-17-15(13)10-6-11-16(17)14-8-3-2-4-9-14;1-2/h2-12H,1H3;1-2H3. The van der Waals surface area contributed by atoms with E-state index in [0.717, 1.165) is 0 Å². The fourth-order valence-electron chi connectivity index (χ4n) is 2.34. The van der Waals surface area contributed by atoms with E-state index in [-0.39, 0.29) is 0 Å².